The van der Waals surface area contributed by atoms with E-state index in [1.54, 1.807) is 12.1 Å². The zero-order valence-electron chi connectivity index (χ0n) is 12.4. The summed E-state index contributed by atoms with van der Waals surface area (Å²) < 4.78 is 0. The lowest BCUT2D eigenvalue weighted by Gasteiger charge is -2.37. The van der Waals surface area contributed by atoms with E-state index in [-0.39, 0.29) is 5.92 Å². The Kier molecular flexibility index (Phi) is 4.16. The number of aromatic carboxylic acids is 1. The van der Waals surface area contributed by atoms with Crippen LogP contribution in [0.3, 0.4) is 0 Å². The van der Waals surface area contributed by atoms with Crippen LogP contribution in [0.1, 0.15) is 42.3 Å². The van der Waals surface area contributed by atoms with Crippen molar-refractivity contribution in [3.8, 4) is 0 Å². The average molecular weight is 277 g/mol. The number of aliphatic hydroxyl groups is 1. The number of carbonyl (C=O) groups is 1. The van der Waals surface area contributed by atoms with Crippen molar-refractivity contribution in [1.29, 1.82) is 0 Å². The molecule has 1 aliphatic heterocycles. The first-order valence-corrected chi connectivity index (χ1v) is 7.10. The number of β-amino-alcohol motifs (C(OH)–C–C–N with tert-alkyl or cyclic N) is 1. The Bertz CT molecular complexity index is 508. The van der Waals surface area contributed by atoms with E-state index in [4.69, 9.17) is 0 Å². The summed E-state index contributed by atoms with van der Waals surface area (Å²) >= 11 is 0. The van der Waals surface area contributed by atoms with Gasteiger partial charge in [0.1, 0.15) is 0 Å². The maximum absolute atomic E-state index is 11.2. The molecule has 0 radical (unpaired) electrons. The standard InChI is InChI=1S/C16H23NO3/c1-11(2)16(3,20)10-17-8-7-13-12(9-17)5-4-6-14(13)15(18)19/h4-6,11,20H,7-10H2,1-3H3,(H,18,19). The largest absolute Gasteiger partial charge is 0.478 e. The van der Waals surface area contributed by atoms with Crippen LogP contribution in [0.4, 0.5) is 0 Å². The van der Waals surface area contributed by atoms with Gasteiger partial charge < -0.3 is 10.2 Å². The minimum Gasteiger partial charge on any atom is -0.478 e. The number of nitrogens with zero attached hydrogens (tertiary/aromatic N) is 1. The molecule has 1 unspecified atom stereocenters. The SMILES string of the molecule is CC(C)C(C)(O)CN1CCc2c(cccc2C(=O)O)C1. The molecule has 2 rings (SSSR count). The highest BCUT2D eigenvalue weighted by Gasteiger charge is 2.30. The molecule has 1 aromatic carbocycles. The van der Waals surface area contributed by atoms with Crippen LogP contribution in [-0.2, 0) is 13.0 Å². The van der Waals surface area contributed by atoms with E-state index < -0.39 is 11.6 Å². The lowest BCUT2D eigenvalue weighted by molar-refractivity contribution is -0.0220. The molecule has 0 aromatic heterocycles. The van der Waals surface area contributed by atoms with Crippen molar-refractivity contribution >= 4 is 5.97 Å². The molecule has 1 heterocycles. The van der Waals surface area contributed by atoms with Gasteiger partial charge in [0.25, 0.3) is 0 Å². The van der Waals surface area contributed by atoms with Crippen molar-refractivity contribution in [3.63, 3.8) is 0 Å². The fourth-order valence-corrected chi connectivity index (χ4v) is 2.64. The molecule has 0 spiro atoms. The second-order valence-corrected chi connectivity index (χ2v) is 6.22. The molecular formula is C16H23NO3. The van der Waals surface area contributed by atoms with Crippen LogP contribution >= 0.6 is 0 Å². The van der Waals surface area contributed by atoms with Gasteiger partial charge in [-0.3, -0.25) is 4.90 Å². The smallest absolute Gasteiger partial charge is 0.335 e. The predicted molar refractivity (Wildman–Crippen MR) is 77.8 cm³/mol. The normalized spacial score (nSPS) is 18.6. The van der Waals surface area contributed by atoms with Gasteiger partial charge in [-0.15, -0.1) is 0 Å². The monoisotopic (exact) mass is 277 g/mol. The van der Waals surface area contributed by atoms with Crippen molar-refractivity contribution in [1.82, 2.24) is 4.90 Å². The molecule has 1 aromatic rings. The van der Waals surface area contributed by atoms with Crippen molar-refractivity contribution in [2.24, 2.45) is 5.92 Å². The van der Waals surface area contributed by atoms with E-state index in [1.165, 1.54) is 0 Å². The zero-order valence-corrected chi connectivity index (χ0v) is 12.4. The molecule has 20 heavy (non-hydrogen) atoms. The number of fused-ring (bicyclic) bond motifs is 1. The predicted octanol–water partition coefficient (Wildman–Crippen LogP) is 2.15. The molecule has 0 fully saturated rings. The first-order valence-electron chi connectivity index (χ1n) is 7.10. The molecule has 4 heteroatoms. The summed E-state index contributed by atoms with van der Waals surface area (Å²) in [7, 11) is 0. The first kappa shape index (κ1) is 15.0. The van der Waals surface area contributed by atoms with E-state index in [2.05, 4.69) is 4.90 Å². The third-order valence-corrected chi connectivity index (χ3v) is 4.36. The van der Waals surface area contributed by atoms with Gasteiger partial charge in [0, 0.05) is 19.6 Å². The third-order valence-electron chi connectivity index (χ3n) is 4.36. The van der Waals surface area contributed by atoms with Crippen LogP contribution in [0.5, 0.6) is 0 Å². The summed E-state index contributed by atoms with van der Waals surface area (Å²) in [6.07, 6.45) is 0.728. The Hall–Kier alpha value is -1.39. The molecular weight excluding hydrogens is 254 g/mol. The van der Waals surface area contributed by atoms with Crippen LogP contribution in [-0.4, -0.2) is 39.8 Å². The molecule has 0 saturated carbocycles. The van der Waals surface area contributed by atoms with E-state index >= 15 is 0 Å². The Balaban J connectivity index is 2.16. The number of hydrogen-bond acceptors (Lipinski definition) is 3. The van der Waals surface area contributed by atoms with E-state index in [0.717, 1.165) is 24.1 Å². The van der Waals surface area contributed by atoms with Gasteiger partial charge in [0.05, 0.1) is 11.2 Å². The van der Waals surface area contributed by atoms with E-state index in [1.807, 2.05) is 26.8 Å². The van der Waals surface area contributed by atoms with E-state index in [9.17, 15) is 15.0 Å². The van der Waals surface area contributed by atoms with Gasteiger partial charge >= 0.3 is 5.97 Å². The Labute approximate surface area is 120 Å². The zero-order chi connectivity index (χ0) is 14.9. The van der Waals surface area contributed by atoms with Crippen LogP contribution in [0.15, 0.2) is 18.2 Å². The maximum atomic E-state index is 11.2. The molecule has 1 aliphatic rings. The second kappa shape index (κ2) is 5.54. The van der Waals surface area contributed by atoms with Crippen LogP contribution in [0, 0.1) is 5.92 Å². The molecule has 1 atom stereocenters. The number of benzene rings is 1. The van der Waals surface area contributed by atoms with Crippen molar-refractivity contribution in [2.75, 3.05) is 13.1 Å². The minimum absolute atomic E-state index is 0.189. The Morgan fingerprint density at radius 2 is 2.15 bits per heavy atom. The fourth-order valence-electron chi connectivity index (χ4n) is 2.64. The van der Waals surface area contributed by atoms with Gasteiger partial charge in [-0.2, -0.15) is 0 Å². The summed E-state index contributed by atoms with van der Waals surface area (Å²) in [5.74, 6) is -0.668. The second-order valence-electron chi connectivity index (χ2n) is 6.22. The molecule has 2 N–H and O–H groups in total. The quantitative estimate of drug-likeness (QED) is 0.885. The van der Waals surface area contributed by atoms with Gasteiger partial charge in [0.15, 0.2) is 0 Å². The Morgan fingerprint density at radius 1 is 1.45 bits per heavy atom. The highest BCUT2D eigenvalue weighted by molar-refractivity contribution is 5.89. The average Bonchev–Trinajstić information content (AvgIpc) is 2.36. The van der Waals surface area contributed by atoms with Crippen molar-refractivity contribution in [3.05, 3.63) is 34.9 Å². The fraction of sp³-hybridized carbons (Fsp3) is 0.562. The molecule has 110 valence electrons. The lowest BCUT2D eigenvalue weighted by Crippen LogP contribution is -2.46. The Morgan fingerprint density at radius 3 is 2.75 bits per heavy atom. The summed E-state index contributed by atoms with van der Waals surface area (Å²) in [4.78, 5) is 13.4. The summed E-state index contributed by atoms with van der Waals surface area (Å²) in [5, 5.41) is 19.6. The number of carboxylic acids is 1. The molecule has 0 amide bonds. The van der Waals surface area contributed by atoms with E-state index in [0.29, 0.717) is 18.7 Å². The molecule has 0 saturated heterocycles. The van der Waals surface area contributed by atoms with Gasteiger partial charge in [-0.25, -0.2) is 4.79 Å². The molecule has 0 bridgehead atoms. The topological polar surface area (TPSA) is 60.8 Å². The number of carboxylic acid groups (broad SMARTS) is 1. The summed E-state index contributed by atoms with van der Waals surface area (Å²) in [6.45, 7) is 8.00. The highest BCUT2D eigenvalue weighted by atomic mass is 16.4. The maximum Gasteiger partial charge on any atom is 0.335 e. The third kappa shape index (κ3) is 3.02. The summed E-state index contributed by atoms with van der Waals surface area (Å²) in [5.41, 5.74) is 1.70. The van der Waals surface area contributed by atoms with Crippen molar-refractivity contribution < 1.29 is 15.0 Å². The number of rotatable bonds is 4. The number of hydrogen-bond donors (Lipinski definition) is 2. The minimum atomic E-state index is -0.857. The summed E-state index contributed by atoms with van der Waals surface area (Å²) in [6, 6.07) is 5.45. The van der Waals surface area contributed by atoms with Crippen LogP contribution in [0.2, 0.25) is 0 Å². The van der Waals surface area contributed by atoms with Gasteiger partial charge in [-0.1, -0.05) is 26.0 Å². The van der Waals surface area contributed by atoms with Crippen LogP contribution in [0.25, 0.3) is 0 Å². The highest BCUT2D eigenvalue weighted by Crippen LogP contribution is 2.25. The lowest BCUT2D eigenvalue weighted by atomic mass is 9.89. The molecule has 4 nitrogen and oxygen atoms in total. The van der Waals surface area contributed by atoms with Crippen LogP contribution < -0.4 is 0 Å². The first-order chi connectivity index (χ1) is 9.31. The van der Waals surface area contributed by atoms with Crippen molar-refractivity contribution in [2.45, 2.75) is 39.3 Å². The van der Waals surface area contributed by atoms with Gasteiger partial charge in [0.2, 0.25) is 0 Å². The molecule has 0 aliphatic carbocycles. The van der Waals surface area contributed by atoms with Gasteiger partial charge in [-0.05, 0) is 36.5 Å².